The van der Waals surface area contributed by atoms with Crippen LogP contribution in [0.2, 0.25) is 0 Å². The first-order valence-corrected chi connectivity index (χ1v) is 11.2. The number of carboxylic acids is 1. The number of fused-ring (bicyclic) bond motifs is 1. The molecule has 2 N–H and O–H groups in total. The lowest BCUT2D eigenvalue weighted by molar-refractivity contribution is -0.321. The van der Waals surface area contributed by atoms with Crippen LogP contribution in [0.4, 0.5) is 5.69 Å². The SMILES string of the molecule is Nc1cccc(C2=CCC(c3ccccc3)C3(C(=O)[O-])CN(Cc4ccccc4)CC23)c1. The molecule has 0 amide bonds. The van der Waals surface area contributed by atoms with Crippen LogP contribution in [0.5, 0.6) is 0 Å². The number of hydrogen-bond acceptors (Lipinski definition) is 4. The molecule has 0 spiro atoms. The van der Waals surface area contributed by atoms with Crippen molar-refractivity contribution in [2.24, 2.45) is 11.3 Å². The van der Waals surface area contributed by atoms with Crippen molar-refractivity contribution in [1.29, 1.82) is 0 Å². The second-order valence-corrected chi connectivity index (χ2v) is 9.02. The smallest absolute Gasteiger partial charge is 0.0501 e. The van der Waals surface area contributed by atoms with Crippen molar-refractivity contribution < 1.29 is 9.90 Å². The van der Waals surface area contributed by atoms with Gasteiger partial charge in [-0.25, -0.2) is 0 Å². The number of carbonyl (C=O) groups is 1. The summed E-state index contributed by atoms with van der Waals surface area (Å²) in [5.74, 6) is -1.26. The van der Waals surface area contributed by atoms with E-state index < -0.39 is 11.4 Å². The first-order valence-electron chi connectivity index (χ1n) is 11.2. The van der Waals surface area contributed by atoms with Gasteiger partial charge in [0.1, 0.15) is 0 Å². The van der Waals surface area contributed by atoms with Crippen molar-refractivity contribution in [3.63, 3.8) is 0 Å². The molecule has 1 saturated heterocycles. The quantitative estimate of drug-likeness (QED) is 0.635. The third-order valence-electron chi connectivity index (χ3n) is 7.17. The summed E-state index contributed by atoms with van der Waals surface area (Å²) in [6, 6.07) is 28.1. The number of allylic oxidation sites excluding steroid dienone is 1. The Morgan fingerprint density at radius 1 is 0.969 bits per heavy atom. The fourth-order valence-corrected chi connectivity index (χ4v) is 5.76. The predicted octanol–water partition coefficient (Wildman–Crippen LogP) is 3.71. The Labute approximate surface area is 189 Å². The van der Waals surface area contributed by atoms with E-state index in [0.717, 1.165) is 23.2 Å². The van der Waals surface area contributed by atoms with Gasteiger partial charge in [0.05, 0.1) is 5.97 Å². The lowest BCUT2D eigenvalue weighted by atomic mass is 9.59. The van der Waals surface area contributed by atoms with E-state index in [1.54, 1.807) is 0 Å². The number of carboxylic acid groups (broad SMARTS) is 1. The third-order valence-corrected chi connectivity index (χ3v) is 7.17. The summed E-state index contributed by atoms with van der Waals surface area (Å²) in [6.45, 7) is 1.86. The molecule has 0 radical (unpaired) electrons. The molecule has 0 bridgehead atoms. The number of rotatable bonds is 5. The number of likely N-dealkylation sites (tertiary alicyclic amines) is 1. The Morgan fingerprint density at radius 3 is 2.38 bits per heavy atom. The van der Waals surface area contributed by atoms with Crippen molar-refractivity contribution in [2.45, 2.75) is 18.9 Å². The van der Waals surface area contributed by atoms with Gasteiger partial charge < -0.3 is 15.6 Å². The number of nitrogens with zero attached hydrogens (tertiary/aromatic N) is 1. The monoisotopic (exact) mass is 423 g/mol. The minimum atomic E-state index is -0.995. The van der Waals surface area contributed by atoms with E-state index in [0.29, 0.717) is 25.2 Å². The Balaban J connectivity index is 1.60. The maximum atomic E-state index is 13.0. The molecule has 0 aromatic heterocycles. The summed E-state index contributed by atoms with van der Waals surface area (Å²) in [5.41, 5.74) is 10.1. The lowest BCUT2D eigenvalue weighted by Crippen LogP contribution is -2.53. The highest BCUT2D eigenvalue weighted by atomic mass is 16.4. The number of nitrogen functional groups attached to an aromatic ring is 1. The van der Waals surface area contributed by atoms with Gasteiger partial charge in [-0.2, -0.15) is 0 Å². The van der Waals surface area contributed by atoms with E-state index in [1.807, 2.05) is 72.8 Å². The van der Waals surface area contributed by atoms with E-state index in [1.165, 1.54) is 5.56 Å². The van der Waals surface area contributed by atoms with Gasteiger partial charge in [0.2, 0.25) is 0 Å². The zero-order valence-corrected chi connectivity index (χ0v) is 18.0. The van der Waals surface area contributed by atoms with Crippen molar-refractivity contribution in [3.8, 4) is 0 Å². The summed E-state index contributed by atoms with van der Waals surface area (Å²) < 4.78 is 0. The molecule has 3 atom stereocenters. The van der Waals surface area contributed by atoms with Gasteiger partial charge in [-0.15, -0.1) is 0 Å². The number of carbonyl (C=O) groups excluding carboxylic acids is 1. The highest BCUT2D eigenvalue weighted by Crippen LogP contribution is 2.56. The van der Waals surface area contributed by atoms with Gasteiger partial charge in [0.25, 0.3) is 0 Å². The normalized spacial score (nSPS) is 25.2. The number of anilines is 1. The van der Waals surface area contributed by atoms with Crippen LogP contribution in [0.15, 0.2) is 91.0 Å². The van der Waals surface area contributed by atoms with Gasteiger partial charge in [0, 0.05) is 42.6 Å². The van der Waals surface area contributed by atoms with Crippen molar-refractivity contribution >= 4 is 17.2 Å². The summed E-state index contributed by atoms with van der Waals surface area (Å²) in [5, 5.41) is 13.0. The molecule has 162 valence electrons. The lowest BCUT2D eigenvalue weighted by Gasteiger charge is -2.46. The summed E-state index contributed by atoms with van der Waals surface area (Å²) in [4.78, 5) is 15.3. The second-order valence-electron chi connectivity index (χ2n) is 9.02. The van der Waals surface area contributed by atoms with E-state index >= 15 is 0 Å². The maximum absolute atomic E-state index is 13.0. The van der Waals surface area contributed by atoms with Gasteiger partial charge >= 0.3 is 0 Å². The Hall–Kier alpha value is -3.37. The van der Waals surface area contributed by atoms with E-state index in [9.17, 15) is 9.90 Å². The molecule has 3 aromatic carbocycles. The molecule has 4 nitrogen and oxygen atoms in total. The van der Waals surface area contributed by atoms with Crippen molar-refractivity contribution in [2.75, 3.05) is 18.8 Å². The first-order chi connectivity index (χ1) is 15.6. The molecule has 1 heterocycles. The van der Waals surface area contributed by atoms with Crippen LogP contribution in [-0.4, -0.2) is 24.0 Å². The summed E-state index contributed by atoms with van der Waals surface area (Å²) in [7, 11) is 0. The number of hydrogen-bond donors (Lipinski definition) is 1. The molecule has 4 heteroatoms. The molecule has 1 aliphatic carbocycles. The van der Waals surface area contributed by atoms with Crippen LogP contribution < -0.4 is 10.8 Å². The molecule has 1 fully saturated rings. The highest BCUT2D eigenvalue weighted by Gasteiger charge is 2.55. The van der Waals surface area contributed by atoms with Crippen LogP contribution in [0.25, 0.3) is 5.57 Å². The highest BCUT2D eigenvalue weighted by molar-refractivity contribution is 5.84. The molecule has 5 rings (SSSR count). The van der Waals surface area contributed by atoms with Crippen molar-refractivity contribution in [3.05, 3.63) is 108 Å². The van der Waals surface area contributed by atoms with E-state index in [4.69, 9.17) is 5.73 Å². The van der Waals surface area contributed by atoms with Gasteiger partial charge in [-0.05, 0) is 40.8 Å². The Kier molecular flexibility index (Phi) is 5.32. The van der Waals surface area contributed by atoms with Crippen LogP contribution >= 0.6 is 0 Å². The molecule has 32 heavy (non-hydrogen) atoms. The minimum Gasteiger partial charge on any atom is -0.549 e. The Bertz CT molecular complexity index is 1140. The minimum absolute atomic E-state index is 0.135. The maximum Gasteiger partial charge on any atom is 0.0501 e. The molecule has 1 aliphatic heterocycles. The van der Waals surface area contributed by atoms with E-state index in [-0.39, 0.29) is 11.8 Å². The van der Waals surface area contributed by atoms with Crippen molar-refractivity contribution in [1.82, 2.24) is 4.90 Å². The zero-order chi connectivity index (χ0) is 22.1. The van der Waals surface area contributed by atoms with Crippen LogP contribution in [0, 0.1) is 11.3 Å². The fraction of sp³-hybridized carbons (Fsp3) is 0.250. The number of nitrogens with two attached hydrogens (primary N) is 1. The molecular formula is C28H27N2O2-. The zero-order valence-electron chi connectivity index (χ0n) is 18.0. The largest absolute Gasteiger partial charge is 0.549 e. The van der Waals surface area contributed by atoms with Gasteiger partial charge in [0.15, 0.2) is 0 Å². The number of aliphatic carboxylic acids is 1. The fourth-order valence-electron chi connectivity index (χ4n) is 5.76. The molecule has 2 aliphatic rings. The average Bonchev–Trinajstić information content (AvgIpc) is 3.20. The Morgan fingerprint density at radius 2 is 1.69 bits per heavy atom. The topological polar surface area (TPSA) is 69.4 Å². The molecule has 3 aromatic rings. The van der Waals surface area contributed by atoms with Crippen LogP contribution in [-0.2, 0) is 11.3 Å². The summed E-state index contributed by atoms with van der Waals surface area (Å²) >= 11 is 0. The van der Waals surface area contributed by atoms with E-state index in [2.05, 4.69) is 23.1 Å². The first kappa shape index (κ1) is 20.5. The van der Waals surface area contributed by atoms with Crippen LogP contribution in [0.1, 0.15) is 29.0 Å². The predicted molar refractivity (Wildman–Crippen MR) is 125 cm³/mol. The third kappa shape index (κ3) is 3.51. The molecular weight excluding hydrogens is 396 g/mol. The van der Waals surface area contributed by atoms with Gasteiger partial charge in [-0.1, -0.05) is 78.9 Å². The van der Waals surface area contributed by atoms with Gasteiger partial charge in [-0.3, -0.25) is 4.90 Å². The number of benzene rings is 3. The average molecular weight is 424 g/mol. The summed E-state index contributed by atoms with van der Waals surface area (Å²) in [6.07, 6.45) is 2.89. The standard InChI is InChI=1S/C28H28N2O2/c29-23-13-7-12-22(16-23)24-14-15-25(21-10-5-2-6-11-21)28(27(31)32)19-30(18-26(24)28)17-20-8-3-1-4-9-20/h1-14,16,25-26H,15,17-19,29H2,(H,31,32)/p-1. The second kappa shape index (κ2) is 8.29. The molecule has 0 saturated carbocycles. The van der Waals surface area contributed by atoms with Crippen LogP contribution in [0.3, 0.4) is 0 Å². The molecule has 3 unspecified atom stereocenters.